The number of phenolic OH excluding ortho intramolecular Hbond substituents is 2. The van der Waals surface area contributed by atoms with E-state index in [0.717, 1.165) is 0 Å². The first kappa shape index (κ1) is 15.7. The van der Waals surface area contributed by atoms with Gasteiger partial charge >= 0.3 is 5.97 Å². The molecule has 0 saturated heterocycles. The Kier molecular flexibility index (Phi) is 4.24. The van der Waals surface area contributed by atoms with Gasteiger partial charge in [-0.2, -0.15) is 0 Å². The number of carbonyl (C=O) groups is 1. The molecule has 0 heterocycles. The number of hydrogen-bond acceptors (Lipinski definition) is 5. The van der Waals surface area contributed by atoms with Gasteiger partial charge in [0.25, 0.3) is 0 Å². The van der Waals surface area contributed by atoms with Crippen molar-refractivity contribution in [2.24, 2.45) is 0 Å². The number of aromatic hydroxyl groups is 2. The number of ether oxygens (including phenoxy) is 2. The van der Waals surface area contributed by atoms with E-state index in [2.05, 4.69) is 0 Å². The van der Waals surface area contributed by atoms with Crippen LogP contribution in [-0.2, 0) is 11.3 Å². The Labute approximate surface area is 138 Å². The molecule has 2 N–H and O–H groups in total. The second-order valence-electron chi connectivity index (χ2n) is 5.23. The second-order valence-corrected chi connectivity index (χ2v) is 5.23. The third kappa shape index (κ3) is 2.84. The summed E-state index contributed by atoms with van der Waals surface area (Å²) in [6.45, 7) is -0.00409. The maximum Gasteiger partial charge on any atom is 0.342 e. The standard InChI is InChI=1S/C19H16O5/c1-23-17-9-5-2-6-12(17)11-24-19(22)15-10-16(20)13-7-3-4-8-14(13)18(15)21/h2-10,20-21H,11H2,1H3. The number of benzene rings is 3. The van der Waals surface area contributed by atoms with Crippen LogP contribution >= 0.6 is 0 Å². The highest BCUT2D eigenvalue weighted by molar-refractivity contribution is 6.03. The molecule has 3 rings (SSSR count). The Bertz CT molecular complexity index is 901. The molecule has 0 amide bonds. The fraction of sp³-hybridized carbons (Fsp3) is 0.105. The van der Waals surface area contributed by atoms with E-state index in [1.165, 1.54) is 13.2 Å². The van der Waals surface area contributed by atoms with E-state index in [1.807, 2.05) is 12.1 Å². The van der Waals surface area contributed by atoms with Crippen molar-refractivity contribution in [3.05, 3.63) is 65.7 Å². The molecule has 0 spiro atoms. The van der Waals surface area contributed by atoms with Crippen LogP contribution in [0.15, 0.2) is 54.6 Å². The topological polar surface area (TPSA) is 76.0 Å². The Morgan fingerprint density at radius 2 is 1.67 bits per heavy atom. The lowest BCUT2D eigenvalue weighted by Gasteiger charge is -2.11. The highest BCUT2D eigenvalue weighted by Gasteiger charge is 2.18. The molecule has 0 radical (unpaired) electrons. The summed E-state index contributed by atoms with van der Waals surface area (Å²) in [5.41, 5.74) is 0.624. The molecular weight excluding hydrogens is 308 g/mol. The number of fused-ring (bicyclic) bond motifs is 1. The van der Waals surface area contributed by atoms with Crippen molar-refractivity contribution in [3.63, 3.8) is 0 Å². The maximum atomic E-state index is 12.3. The number of phenols is 2. The Morgan fingerprint density at radius 1 is 1.00 bits per heavy atom. The van der Waals surface area contributed by atoms with E-state index in [1.54, 1.807) is 36.4 Å². The van der Waals surface area contributed by atoms with Crippen LogP contribution < -0.4 is 4.74 Å². The molecule has 0 atom stereocenters. The van der Waals surface area contributed by atoms with Crippen LogP contribution in [-0.4, -0.2) is 23.3 Å². The summed E-state index contributed by atoms with van der Waals surface area (Å²) in [4.78, 5) is 12.3. The highest BCUT2D eigenvalue weighted by Crippen LogP contribution is 2.35. The molecule has 0 aliphatic carbocycles. The zero-order valence-corrected chi connectivity index (χ0v) is 13.0. The van der Waals surface area contributed by atoms with Crippen molar-refractivity contribution in [3.8, 4) is 17.2 Å². The lowest BCUT2D eigenvalue weighted by Crippen LogP contribution is -2.06. The zero-order chi connectivity index (χ0) is 17.1. The lowest BCUT2D eigenvalue weighted by molar-refractivity contribution is 0.0467. The van der Waals surface area contributed by atoms with Crippen molar-refractivity contribution >= 4 is 16.7 Å². The van der Waals surface area contributed by atoms with Gasteiger partial charge < -0.3 is 19.7 Å². The Hall–Kier alpha value is -3.21. The molecule has 122 valence electrons. The number of carbonyl (C=O) groups excluding carboxylic acids is 1. The van der Waals surface area contributed by atoms with Crippen molar-refractivity contribution in [1.82, 2.24) is 0 Å². The third-order valence-corrected chi connectivity index (χ3v) is 3.77. The number of esters is 1. The van der Waals surface area contributed by atoms with Crippen LogP contribution in [0.25, 0.3) is 10.8 Å². The number of methoxy groups -OCH3 is 1. The summed E-state index contributed by atoms with van der Waals surface area (Å²) in [6, 6.07) is 15.1. The molecule has 0 bridgehead atoms. The van der Waals surface area contributed by atoms with Crippen LogP contribution in [0.2, 0.25) is 0 Å². The number of hydrogen-bond donors (Lipinski definition) is 2. The number of rotatable bonds is 4. The average molecular weight is 324 g/mol. The molecule has 24 heavy (non-hydrogen) atoms. The normalized spacial score (nSPS) is 10.5. The van der Waals surface area contributed by atoms with Crippen molar-refractivity contribution in [1.29, 1.82) is 0 Å². The maximum absolute atomic E-state index is 12.3. The first-order chi connectivity index (χ1) is 11.6. The van der Waals surface area contributed by atoms with Crippen molar-refractivity contribution in [2.75, 3.05) is 7.11 Å². The SMILES string of the molecule is COc1ccccc1COC(=O)c1cc(O)c2ccccc2c1O. The molecule has 3 aromatic carbocycles. The Balaban J connectivity index is 1.88. The minimum atomic E-state index is -0.723. The lowest BCUT2D eigenvalue weighted by atomic mass is 10.0. The van der Waals surface area contributed by atoms with E-state index in [9.17, 15) is 15.0 Å². The van der Waals surface area contributed by atoms with Gasteiger partial charge in [0.1, 0.15) is 29.4 Å². The van der Waals surface area contributed by atoms with E-state index in [0.29, 0.717) is 22.1 Å². The molecular formula is C19H16O5. The monoisotopic (exact) mass is 324 g/mol. The van der Waals surface area contributed by atoms with Gasteiger partial charge in [0, 0.05) is 16.3 Å². The molecule has 0 fully saturated rings. The molecule has 5 heteroatoms. The number of para-hydroxylation sites is 1. The zero-order valence-electron chi connectivity index (χ0n) is 13.0. The predicted molar refractivity (Wildman–Crippen MR) is 89.4 cm³/mol. The van der Waals surface area contributed by atoms with Crippen molar-refractivity contribution < 1.29 is 24.5 Å². The predicted octanol–water partition coefficient (Wildman–Crippen LogP) is 3.62. The summed E-state index contributed by atoms with van der Waals surface area (Å²) >= 11 is 0. The van der Waals surface area contributed by atoms with Gasteiger partial charge in [0.15, 0.2) is 0 Å². The minimum Gasteiger partial charge on any atom is -0.507 e. The van der Waals surface area contributed by atoms with Crippen LogP contribution in [0.1, 0.15) is 15.9 Å². The van der Waals surface area contributed by atoms with Gasteiger partial charge in [-0.15, -0.1) is 0 Å². The molecule has 5 nitrogen and oxygen atoms in total. The van der Waals surface area contributed by atoms with E-state index in [4.69, 9.17) is 9.47 Å². The van der Waals surface area contributed by atoms with Gasteiger partial charge in [0.05, 0.1) is 7.11 Å². The van der Waals surface area contributed by atoms with Crippen LogP contribution in [0.4, 0.5) is 0 Å². The highest BCUT2D eigenvalue weighted by atomic mass is 16.5. The minimum absolute atomic E-state index is 0.00409. The second kappa shape index (κ2) is 6.50. The van der Waals surface area contributed by atoms with Gasteiger partial charge in [-0.3, -0.25) is 0 Å². The van der Waals surface area contributed by atoms with Crippen molar-refractivity contribution in [2.45, 2.75) is 6.61 Å². The fourth-order valence-corrected chi connectivity index (χ4v) is 2.54. The smallest absolute Gasteiger partial charge is 0.342 e. The van der Waals surface area contributed by atoms with Crippen LogP contribution in [0.5, 0.6) is 17.2 Å². The quantitative estimate of drug-likeness (QED) is 0.566. The fourth-order valence-electron chi connectivity index (χ4n) is 2.54. The molecule has 0 aliphatic heterocycles. The van der Waals surface area contributed by atoms with E-state index < -0.39 is 5.97 Å². The molecule has 0 aliphatic rings. The summed E-state index contributed by atoms with van der Waals surface area (Å²) < 4.78 is 10.5. The van der Waals surface area contributed by atoms with Gasteiger partial charge in [-0.05, 0) is 12.1 Å². The molecule has 0 saturated carbocycles. The summed E-state index contributed by atoms with van der Waals surface area (Å²) in [5, 5.41) is 21.2. The largest absolute Gasteiger partial charge is 0.507 e. The van der Waals surface area contributed by atoms with Gasteiger partial charge in [0.2, 0.25) is 0 Å². The first-order valence-corrected chi connectivity index (χ1v) is 7.34. The van der Waals surface area contributed by atoms with Crippen LogP contribution in [0, 0.1) is 0 Å². The first-order valence-electron chi connectivity index (χ1n) is 7.34. The van der Waals surface area contributed by atoms with E-state index >= 15 is 0 Å². The van der Waals surface area contributed by atoms with Crippen LogP contribution in [0.3, 0.4) is 0 Å². The molecule has 0 aromatic heterocycles. The van der Waals surface area contributed by atoms with E-state index in [-0.39, 0.29) is 23.7 Å². The third-order valence-electron chi connectivity index (χ3n) is 3.77. The Morgan fingerprint density at radius 3 is 2.42 bits per heavy atom. The summed E-state index contributed by atoms with van der Waals surface area (Å²) in [6.07, 6.45) is 0. The summed E-state index contributed by atoms with van der Waals surface area (Å²) in [5.74, 6) is -0.420. The molecule has 0 unspecified atom stereocenters. The van der Waals surface area contributed by atoms with Gasteiger partial charge in [-0.25, -0.2) is 4.79 Å². The summed E-state index contributed by atoms with van der Waals surface area (Å²) in [7, 11) is 1.54. The average Bonchev–Trinajstić information content (AvgIpc) is 2.63. The van der Waals surface area contributed by atoms with Gasteiger partial charge in [-0.1, -0.05) is 42.5 Å². The molecule has 3 aromatic rings.